The lowest BCUT2D eigenvalue weighted by Gasteiger charge is -2.17. The fourth-order valence-corrected chi connectivity index (χ4v) is 3.98. The number of aromatic amines is 1. The highest BCUT2D eigenvalue weighted by Gasteiger charge is 2.27. The first-order chi connectivity index (χ1) is 14.2. The topological polar surface area (TPSA) is 90.0 Å². The quantitative estimate of drug-likeness (QED) is 0.708. The maximum atomic E-state index is 12.7. The lowest BCUT2D eigenvalue weighted by molar-refractivity contribution is 0.0935. The molecule has 0 spiro atoms. The molecule has 1 fully saturated rings. The van der Waals surface area contributed by atoms with Crippen LogP contribution in [-0.4, -0.2) is 58.6 Å². The number of nitrogens with one attached hydrogen (secondary N) is 2. The van der Waals surface area contributed by atoms with Crippen LogP contribution in [0.15, 0.2) is 42.7 Å². The molecule has 5 heterocycles. The summed E-state index contributed by atoms with van der Waals surface area (Å²) in [4.78, 5) is 33.7. The Bertz CT molecular complexity index is 1030. The van der Waals surface area contributed by atoms with Crippen LogP contribution in [0, 0.1) is 0 Å². The van der Waals surface area contributed by atoms with Crippen LogP contribution < -0.4 is 15.1 Å². The van der Waals surface area contributed by atoms with Crippen molar-refractivity contribution in [3.8, 4) is 11.4 Å². The van der Waals surface area contributed by atoms with Crippen molar-refractivity contribution >= 4 is 17.7 Å². The number of anilines is 2. The Labute approximate surface area is 169 Å². The van der Waals surface area contributed by atoms with Gasteiger partial charge in [-0.2, -0.15) is 0 Å². The van der Waals surface area contributed by atoms with Crippen LogP contribution in [0.1, 0.15) is 22.5 Å². The summed E-state index contributed by atoms with van der Waals surface area (Å²) in [7, 11) is 2.01. The SMILES string of the molecule is CN1CCc2ccc(C(=O)NC3CCN(c4nccc(-c5ccc[nH]5)n4)C3)nc21. The number of nitrogens with zero attached hydrogens (tertiary/aromatic N) is 5. The van der Waals surface area contributed by atoms with Crippen molar-refractivity contribution < 1.29 is 4.79 Å². The monoisotopic (exact) mass is 389 g/mol. The van der Waals surface area contributed by atoms with Gasteiger partial charge in [0.1, 0.15) is 11.5 Å². The first-order valence-electron chi connectivity index (χ1n) is 9.91. The molecule has 1 atom stereocenters. The third-order valence-corrected chi connectivity index (χ3v) is 5.59. The summed E-state index contributed by atoms with van der Waals surface area (Å²) in [6.45, 7) is 2.44. The van der Waals surface area contributed by atoms with Crippen LogP contribution in [0.3, 0.4) is 0 Å². The van der Waals surface area contributed by atoms with Crippen molar-refractivity contribution in [2.45, 2.75) is 18.9 Å². The Kier molecular flexibility index (Phi) is 4.38. The minimum Gasteiger partial charge on any atom is -0.360 e. The van der Waals surface area contributed by atoms with Crippen molar-refractivity contribution in [2.24, 2.45) is 0 Å². The van der Waals surface area contributed by atoms with Crippen molar-refractivity contribution in [1.82, 2.24) is 25.3 Å². The third-order valence-electron chi connectivity index (χ3n) is 5.59. The van der Waals surface area contributed by atoms with E-state index in [0.717, 1.165) is 43.1 Å². The minimum atomic E-state index is -0.124. The molecule has 2 aliphatic rings. The molecule has 0 bridgehead atoms. The molecule has 8 nitrogen and oxygen atoms in total. The van der Waals surface area contributed by atoms with E-state index in [1.165, 1.54) is 5.56 Å². The van der Waals surface area contributed by atoms with Crippen molar-refractivity contribution in [1.29, 1.82) is 0 Å². The van der Waals surface area contributed by atoms with Crippen LogP contribution in [0.5, 0.6) is 0 Å². The maximum absolute atomic E-state index is 12.7. The van der Waals surface area contributed by atoms with E-state index in [-0.39, 0.29) is 11.9 Å². The number of likely N-dealkylation sites (N-methyl/N-ethyl adjacent to an activating group) is 1. The molecule has 1 amide bonds. The Hall–Kier alpha value is -3.42. The second kappa shape index (κ2) is 7.20. The highest BCUT2D eigenvalue weighted by Crippen LogP contribution is 2.25. The Morgan fingerprint density at radius 2 is 2.14 bits per heavy atom. The summed E-state index contributed by atoms with van der Waals surface area (Å²) in [6.07, 6.45) is 5.49. The predicted molar refractivity (Wildman–Crippen MR) is 111 cm³/mol. The van der Waals surface area contributed by atoms with Gasteiger partial charge >= 0.3 is 0 Å². The molecule has 2 N–H and O–H groups in total. The fourth-order valence-electron chi connectivity index (χ4n) is 3.98. The molecule has 148 valence electrons. The number of amides is 1. The van der Waals surface area contributed by atoms with Crippen molar-refractivity contribution in [3.63, 3.8) is 0 Å². The standard InChI is InChI=1S/C21H23N7O/c1-27-11-7-14-4-5-18(25-19(14)27)20(29)24-15-8-12-28(13-15)21-23-10-6-17(26-21)16-3-2-9-22-16/h2-6,9-10,15,22H,7-8,11-13H2,1H3,(H,24,29). The molecule has 0 aliphatic carbocycles. The molecular formula is C21H23N7O. The van der Waals surface area contributed by atoms with E-state index in [2.05, 4.69) is 35.1 Å². The summed E-state index contributed by atoms with van der Waals surface area (Å²) < 4.78 is 0. The van der Waals surface area contributed by atoms with E-state index in [1.807, 2.05) is 43.6 Å². The van der Waals surface area contributed by atoms with Gasteiger partial charge in [0.2, 0.25) is 5.95 Å². The lowest BCUT2D eigenvalue weighted by Crippen LogP contribution is -2.37. The third kappa shape index (κ3) is 3.41. The van der Waals surface area contributed by atoms with Gasteiger partial charge in [0.25, 0.3) is 5.91 Å². The number of fused-ring (bicyclic) bond motifs is 1. The van der Waals surface area contributed by atoms with Gasteiger partial charge < -0.3 is 20.1 Å². The Morgan fingerprint density at radius 3 is 3.00 bits per heavy atom. The van der Waals surface area contributed by atoms with Crippen molar-refractivity contribution in [3.05, 3.63) is 54.0 Å². The molecule has 3 aromatic heterocycles. The number of carbonyl (C=O) groups excluding carboxylic acids is 1. The zero-order valence-electron chi connectivity index (χ0n) is 16.3. The largest absolute Gasteiger partial charge is 0.360 e. The molecule has 8 heteroatoms. The van der Waals surface area contributed by atoms with Gasteiger partial charge in [0.15, 0.2) is 0 Å². The normalized spacial score (nSPS) is 18.2. The van der Waals surface area contributed by atoms with E-state index in [0.29, 0.717) is 18.2 Å². The van der Waals surface area contributed by atoms with Gasteiger partial charge in [0.05, 0.1) is 11.4 Å². The summed E-state index contributed by atoms with van der Waals surface area (Å²) in [5.74, 6) is 1.48. The lowest BCUT2D eigenvalue weighted by atomic mass is 10.2. The van der Waals surface area contributed by atoms with Gasteiger partial charge in [-0.1, -0.05) is 6.07 Å². The van der Waals surface area contributed by atoms with Gasteiger partial charge in [-0.25, -0.2) is 15.0 Å². The van der Waals surface area contributed by atoms with E-state index in [9.17, 15) is 4.79 Å². The zero-order valence-corrected chi connectivity index (χ0v) is 16.3. The highest BCUT2D eigenvalue weighted by atomic mass is 16.2. The number of rotatable bonds is 4. The predicted octanol–water partition coefficient (Wildman–Crippen LogP) is 1.87. The van der Waals surface area contributed by atoms with Crippen molar-refractivity contribution in [2.75, 3.05) is 36.5 Å². The van der Waals surface area contributed by atoms with Crippen LogP contribution in [0.4, 0.5) is 11.8 Å². The number of carbonyl (C=O) groups is 1. The first-order valence-corrected chi connectivity index (χ1v) is 9.91. The second-order valence-corrected chi connectivity index (χ2v) is 7.58. The van der Waals surface area contributed by atoms with Gasteiger partial charge in [-0.05, 0) is 42.7 Å². The van der Waals surface area contributed by atoms with Gasteiger partial charge in [-0.15, -0.1) is 0 Å². The zero-order chi connectivity index (χ0) is 19.8. The summed E-state index contributed by atoms with van der Waals surface area (Å²) in [5, 5.41) is 3.12. The van der Waals surface area contributed by atoms with Gasteiger partial charge in [-0.3, -0.25) is 4.79 Å². The molecule has 1 unspecified atom stereocenters. The molecule has 0 aromatic carbocycles. The summed E-state index contributed by atoms with van der Waals surface area (Å²) >= 11 is 0. The minimum absolute atomic E-state index is 0.0491. The smallest absolute Gasteiger partial charge is 0.270 e. The van der Waals surface area contributed by atoms with Crippen LogP contribution >= 0.6 is 0 Å². The van der Waals surface area contributed by atoms with E-state index < -0.39 is 0 Å². The molecule has 0 saturated carbocycles. The Balaban J connectivity index is 1.25. The highest BCUT2D eigenvalue weighted by molar-refractivity contribution is 5.93. The molecule has 29 heavy (non-hydrogen) atoms. The molecule has 2 aliphatic heterocycles. The second-order valence-electron chi connectivity index (χ2n) is 7.58. The van der Waals surface area contributed by atoms with E-state index >= 15 is 0 Å². The Morgan fingerprint density at radius 1 is 1.21 bits per heavy atom. The molecule has 1 saturated heterocycles. The van der Waals surface area contributed by atoms with Crippen LogP contribution in [-0.2, 0) is 6.42 Å². The number of aromatic nitrogens is 4. The fraction of sp³-hybridized carbons (Fsp3) is 0.333. The maximum Gasteiger partial charge on any atom is 0.270 e. The van der Waals surface area contributed by atoms with E-state index in [4.69, 9.17) is 0 Å². The number of hydrogen-bond donors (Lipinski definition) is 2. The molecule has 5 rings (SSSR count). The average molecular weight is 389 g/mol. The summed E-state index contributed by atoms with van der Waals surface area (Å²) in [6, 6.07) is 9.71. The van der Waals surface area contributed by atoms with E-state index in [1.54, 1.807) is 6.20 Å². The molecule has 3 aromatic rings. The molecule has 0 radical (unpaired) electrons. The molecular weight excluding hydrogens is 366 g/mol. The van der Waals surface area contributed by atoms with Crippen LogP contribution in [0.2, 0.25) is 0 Å². The summed E-state index contributed by atoms with van der Waals surface area (Å²) in [5.41, 5.74) is 3.50. The number of H-pyrrole nitrogens is 1. The van der Waals surface area contributed by atoms with Gasteiger partial charge in [0, 0.05) is 45.1 Å². The van der Waals surface area contributed by atoms with Crippen LogP contribution in [0.25, 0.3) is 11.4 Å². The average Bonchev–Trinajstić information content (AvgIpc) is 3.50. The number of pyridine rings is 1. The first kappa shape index (κ1) is 17.7. The number of hydrogen-bond acceptors (Lipinski definition) is 6.